The van der Waals surface area contributed by atoms with Gasteiger partial charge in [0, 0.05) is 17.4 Å². The Morgan fingerprint density at radius 2 is 2.09 bits per heavy atom. The van der Waals surface area contributed by atoms with E-state index in [2.05, 4.69) is 12.6 Å². The van der Waals surface area contributed by atoms with Crippen LogP contribution in [-0.2, 0) is 0 Å². The molecule has 0 saturated heterocycles. The summed E-state index contributed by atoms with van der Waals surface area (Å²) in [7, 11) is 0. The average Bonchev–Trinajstić information content (AvgIpc) is 2.04. The largest absolute Gasteiger partial charge is 0.323 e. The number of nitrogens with two attached hydrogens (primary N) is 1. The second kappa shape index (κ2) is 3.74. The molecule has 0 heterocycles. The molecule has 1 aromatic rings. The molecule has 0 aliphatic heterocycles. The van der Waals surface area contributed by atoms with Crippen LogP contribution < -0.4 is 5.73 Å². The molecule has 0 saturated carbocycles. The Labute approximate surface area is 70.8 Å². The third-order valence-electron chi connectivity index (χ3n) is 1.50. The maximum Gasteiger partial charge on any atom is 0.128 e. The highest BCUT2D eigenvalue weighted by Gasteiger charge is 2.07. The van der Waals surface area contributed by atoms with Crippen molar-refractivity contribution in [1.29, 1.82) is 0 Å². The van der Waals surface area contributed by atoms with Gasteiger partial charge in [-0.25, -0.2) is 4.39 Å². The van der Waals surface area contributed by atoms with E-state index in [1.54, 1.807) is 18.2 Å². The summed E-state index contributed by atoms with van der Waals surface area (Å²) in [4.78, 5) is 0. The zero-order valence-corrected chi connectivity index (χ0v) is 6.89. The molecule has 0 aliphatic rings. The van der Waals surface area contributed by atoms with Crippen molar-refractivity contribution in [3.05, 3.63) is 35.6 Å². The Kier molecular flexibility index (Phi) is 2.91. The monoisotopic (exact) mass is 171 g/mol. The summed E-state index contributed by atoms with van der Waals surface area (Å²) in [6.45, 7) is 0. The van der Waals surface area contributed by atoms with Gasteiger partial charge >= 0.3 is 0 Å². The van der Waals surface area contributed by atoms with Gasteiger partial charge in [-0.1, -0.05) is 18.2 Å². The molecule has 1 rings (SSSR count). The fourth-order valence-electron chi connectivity index (χ4n) is 0.874. The summed E-state index contributed by atoms with van der Waals surface area (Å²) in [5.41, 5.74) is 6.11. The second-order valence-electron chi connectivity index (χ2n) is 2.31. The van der Waals surface area contributed by atoms with Crippen LogP contribution in [0.15, 0.2) is 24.3 Å². The van der Waals surface area contributed by atoms with Crippen molar-refractivity contribution in [3.63, 3.8) is 0 Å². The normalized spacial score (nSPS) is 13.0. The first-order valence-corrected chi connectivity index (χ1v) is 4.00. The fourth-order valence-corrected chi connectivity index (χ4v) is 1.07. The van der Waals surface area contributed by atoms with Gasteiger partial charge in [-0.05, 0) is 6.07 Å². The van der Waals surface area contributed by atoms with E-state index in [0.29, 0.717) is 11.3 Å². The van der Waals surface area contributed by atoms with Gasteiger partial charge in [-0.3, -0.25) is 0 Å². The zero-order chi connectivity index (χ0) is 8.27. The van der Waals surface area contributed by atoms with Crippen LogP contribution in [-0.4, -0.2) is 5.75 Å². The van der Waals surface area contributed by atoms with Crippen molar-refractivity contribution in [1.82, 2.24) is 0 Å². The van der Waals surface area contributed by atoms with Crippen LogP contribution in [0.1, 0.15) is 11.6 Å². The predicted octanol–water partition coefficient (Wildman–Crippen LogP) is 1.76. The van der Waals surface area contributed by atoms with Gasteiger partial charge in [0.15, 0.2) is 0 Å². The Hall–Kier alpha value is -0.540. The summed E-state index contributed by atoms with van der Waals surface area (Å²) < 4.78 is 12.9. The summed E-state index contributed by atoms with van der Waals surface area (Å²) in [5.74, 6) is 0.204. The minimum Gasteiger partial charge on any atom is -0.323 e. The van der Waals surface area contributed by atoms with Crippen LogP contribution in [0.5, 0.6) is 0 Å². The maximum absolute atomic E-state index is 12.9. The molecular weight excluding hydrogens is 161 g/mol. The van der Waals surface area contributed by atoms with Crippen molar-refractivity contribution >= 4 is 12.6 Å². The highest BCUT2D eigenvalue weighted by Crippen LogP contribution is 2.14. The van der Waals surface area contributed by atoms with Crippen molar-refractivity contribution in [2.24, 2.45) is 5.73 Å². The van der Waals surface area contributed by atoms with E-state index in [1.165, 1.54) is 6.07 Å². The SMILES string of the molecule is NC(CS)c1ccccc1F. The molecule has 0 aromatic heterocycles. The summed E-state index contributed by atoms with van der Waals surface area (Å²) in [6.07, 6.45) is 0. The fraction of sp³-hybridized carbons (Fsp3) is 0.250. The molecule has 11 heavy (non-hydrogen) atoms. The van der Waals surface area contributed by atoms with Crippen LogP contribution in [0.25, 0.3) is 0 Å². The van der Waals surface area contributed by atoms with Crippen LogP contribution >= 0.6 is 12.6 Å². The van der Waals surface area contributed by atoms with Crippen LogP contribution in [0, 0.1) is 5.82 Å². The first-order chi connectivity index (χ1) is 5.25. The van der Waals surface area contributed by atoms with Crippen molar-refractivity contribution in [2.75, 3.05) is 5.75 Å². The van der Waals surface area contributed by atoms with Gasteiger partial charge in [0.05, 0.1) is 0 Å². The van der Waals surface area contributed by atoms with Crippen molar-refractivity contribution in [3.8, 4) is 0 Å². The van der Waals surface area contributed by atoms with Gasteiger partial charge in [0.2, 0.25) is 0 Å². The molecule has 0 spiro atoms. The van der Waals surface area contributed by atoms with E-state index >= 15 is 0 Å². The number of thiol groups is 1. The van der Waals surface area contributed by atoms with Crippen molar-refractivity contribution in [2.45, 2.75) is 6.04 Å². The number of hydrogen-bond acceptors (Lipinski definition) is 2. The Morgan fingerprint density at radius 1 is 1.45 bits per heavy atom. The predicted molar refractivity (Wildman–Crippen MR) is 47.2 cm³/mol. The van der Waals surface area contributed by atoms with E-state index in [-0.39, 0.29) is 11.9 Å². The lowest BCUT2D eigenvalue weighted by molar-refractivity contribution is 0.595. The van der Waals surface area contributed by atoms with Crippen LogP contribution in [0.3, 0.4) is 0 Å². The molecule has 60 valence electrons. The van der Waals surface area contributed by atoms with Gasteiger partial charge in [0.1, 0.15) is 5.82 Å². The maximum atomic E-state index is 12.9. The van der Waals surface area contributed by atoms with Crippen LogP contribution in [0.2, 0.25) is 0 Å². The third kappa shape index (κ3) is 1.94. The number of benzene rings is 1. The third-order valence-corrected chi connectivity index (χ3v) is 1.89. The Balaban J connectivity index is 2.93. The summed E-state index contributed by atoms with van der Waals surface area (Å²) in [6, 6.07) is 6.18. The van der Waals surface area contributed by atoms with E-state index in [9.17, 15) is 4.39 Å². The van der Waals surface area contributed by atoms with E-state index in [4.69, 9.17) is 5.73 Å². The minimum absolute atomic E-state index is 0.256. The lowest BCUT2D eigenvalue weighted by atomic mass is 10.1. The smallest absolute Gasteiger partial charge is 0.128 e. The lowest BCUT2D eigenvalue weighted by Crippen LogP contribution is -2.13. The van der Waals surface area contributed by atoms with Crippen LogP contribution in [0.4, 0.5) is 4.39 Å². The summed E-state index contributed by atoms with van der Waals surface area (Å²) in [5, 5.41) is 0. The molecule has 1 unspecified atom stereocenters. The number of halogens is 1. The van der Waals surface area contributed by atoms with Gasteiger partial charge < -0.3 is 5.73 Å². The highest BCUT2D eigenvalue weighted by molar-refractivity contribution is 7.80. The molecule has 1 nitrogen and oxygen atoms in total. The molecule has 1 aromatic carbocycles. The molecule has 0 amide bonds. The molecular formula is C8H10FNS. The van der Waals surface area contributed by atoms with E-state index < -0.39 is 0 Å². The number of hydrogen-bond donors (Lipinski definition) is 2. The first kappa shape index (κ1) is 8.56. The Bertz CT molecular complexity index is 239. The van der Waals surface area contributed by atoms with Crippen molar-refractivity contribution < 1.29 is 4.39 Å². The van der Waals surface area contributed by atoms with Gasteiger partial charge in [-0.2, -0.15) is 12.6 Å². The lowest BCUT2D eigenvalue weighted by Gasteiger charge is -2.08. The molecule has 0 fully saturated rings. The summed E-state index contributed by atoms with van der Waals surface area (Å²) >= 11 is 3.98. The van der Waals surface area contributed by atoms with Gasteiger partial charge in [-0.15, -0.1) is 0 Å². The molecule has 0 aliphatic carbocycles. The zero-order valence-electron chi connectivity index (χ0n) is 6.00. The quantitative estimate of drug-likeness (QED) is 0.651. The Morgan fingerprint density at radius 3 is 2.64 bits per heavy atom. The second-order valence-corrected chi connectivity index (χ2v) is 2.68. The molecule has 3 heteroatoms. The van der Waals surface area contributed by atoms with E-state index in [0.717, 1.165) is 0 Å². The average molecular weight is 171 g/mol. The van der Waals surface area contributed by atoms with Gasteiger partial charge in [0.25, 0.3) is 0 Å². The number of rotatable bonds is 2. The molecule has 1 atom stereocenters. The topological polar surface area (TPSA) is 26.0 Å². The molecule has 2 N–H and O–H groups in total. The van der Waals surface area contributed by atoms with E-state index in [1.807, 2.05) is 0 Å². The first-order valence-electron chi connectivity index (χ1n) is 3.36. The molecule has 0 radical (unpaired) electrons. The highest BCUT2D eigenvalue weighted by atomic mass is 32.1. The molecule has 0 bridgehead atoms. The minimum atomic E-state index is -0.306. The standard InChI is InChI=1S/C8H10FNS/c9-7-4-2-1-3-6(7)8(10)5-11/h1-4,8,11H,5,10H2.